The molecule has 0 aromatic carbocycles. The molecule has 0 aliphatic heterocycles. The van der Waals surface area contributed by atoms with Gasteiger partial charge in [-0.15, -0.1) is 0 Å². The van der Waals surface area contributed by atoms with Crippen molar-refractivity contribution < 1.29 is 9.47 Å². The second-order valence-corrected chi connectivity index (χ2v) is 4.69. The molecule has 0 radical (unpaired) electrons. The van der Waals surface area contributed by atoms with E-state index < -0.39 is 0 Å². The second-order valence-electron chi connectivity index (χ2n) is 4.30. The van der Waals surface area contributed by atoms with Crippen molar-refractivity contribution in [3.8, 4) is 0 Å². The van der Waals surface area contributed by atoms with E-state index in [1.54, 1.807) is 26.4 Å². The average molecular weight is 315 g/mol. The molecule has 2 N–H and O–H groups in total. The monoisotopic (exact) mass is 314 g/mol. The van der Waals surface area contributed by atoms with Crippen LogP contribution in [0.4, 0.5) is 0 Å². The summed E-state index contributed by atoms with van der Waals surface area (Å²) >= 11 is 5.74. The van der Waals surface area contributed by atoms with Crippen LogP contribution in [-0.2, 0) is 16.0 Å². The lowest BCUT2D eigenvalue weighted by Gasteiger charge is -2.12. The second kappa shape index (κ2) is 11.3. The molecule has 6 nitrogen and oxygen atoms in total. The molecule has 0 fully saturated rings. The Balaban J connectivity index is 2.13. The van der Waals surface area contributed by atoms with Gasteiger partial charge in [0.2, 0.25) is 0 Å². The van der Waals surface area contributed by atoms with Crippen LogP contribution in [0.2, 0.25) is 5.15 Å². The molecule has 0 saturated carbocycles. The van der Waals surface area contributed by atoms with Crippen LogP contribution in [0.3, 0.4) is 0 Å². The third-order valence-electron chi connectivity index (χ3n) is 2.66. The van der Waals surface area contributed by atoms with E-state index in [0.29, 0.717) is 31.5 Å². The number of halogens is 1. The number of rotatable bonds is 9. The maximum absolute atomic E-state index is 5.74. The van der Waals surface area contributed by atoms with E-state index in [1.165, 1.54) is 0 Å². The Kier molecular flexibility index (Phi) is 9.52. The van der Waals surface area contributed by atoms with Crippen molar-refractivity contribution in [2.45, 2.75) is 13.0 Å². The molecule has 0 bridgehead atoms. The normalized spacial score (nSPS) is 11.5. The number of aromatic nitrogens is 1. The minimum absolute atomic E-state index is 0.495. The van der Waals surface area contributed by atoms with Crippen molar-refractivity contribution in [2.24, 2.45) is 4.99 Å². The van der Waals surface area contributed by atoms with Gasteiger partial charge in [-0.3, -0.25) is 4.99 Å². The van der Waals surface area contributed by atoms with E-state index in [1.807, 2.05) is 6.07 Å². The van der Waals surface area contributed by atoms with Gasteiger partial charge in [0.05, 0.1) is 13.2 Å². The zero-order valence-electron chi connectivity index (χ0n) is 12.6. The third kappa shape index (κ3) is 8.49. The Morgan fingerprint density at radius 3 is 2.81 bits per heavy atom. The summed E-state index contributed by atoms with van der Waals surface area (Å²) in [6.45, 7) is 3.41. The quantitative estimate of drug-likeness (QED) is 0.312. The Morgan fingerprint density at radius 1 is 1.29 bits per heavy atom. The number of nitrogens with one attached hydrogen (secondary N) is 2. The Labute approximate surface area is 130 Å². The smallest absolute Gasteiger partial charge is 0.191 e. The number of hydrogen-bond acceptors (Lipinski definition) is 4. The van der Waals surface area contributed by atoms with Crippen LogP contribution in [0.15, 0.2) is 23.3 Å². The van der Waals surface area contributed by atoms with Crippen LogP contribution in [0.25, 0.3) is 0 Å². The van der Waals surface area contributed by atoms with Crippen LogP contribution in [0.5, 0.6) is 0 Å². The SMILES string of the molecule is CN=C(NCCCOCCOC)NCc1ccc(Cl)nc1. The molecule has 0 spiro atoms. The van der Waals surface area contributed by atoms with Crippen molar-refractivity contribution in [1.82, 2.24) is 15.6 Å². The number of pyridine rings is 1. The van der Waals surface area contributed by atoms with Crippen molar-refractivity contribution in [3.05, 3.63) is 29.0 Å². The third-order valence-corrected chi connectivity index (χ3v) is 2.89. The zero-order valence-corrected chi connectivity index (χ0v) is 13.3. The summed E-state index contributed by atoms with van der Waals surface area (Å²) in [5.74, 6) is 0.752. The fourth-order valence-corrected chi connectivity index (χ4v) is 1.65. The molecule has 0 amide bonds. The van der Waals surface area contributed by atoms with E-state index in [9.17, 15) is 0 Å². The van der Waals surface area contributed by atoms with Crippen LogP contribution in [0, 0.1) is 0 Å². The van der Waals surface area contributed by atoms with Gasteiger partial charge in [-0.2, -0.15) is 0 Å². The average Bonchev–Trinajstić information content (AvgIpc) is 2.51. The summed E-state index contributed by atoms with van der Waals surface area (Å²) in [5, 5.41) is 6.93. The van der Waals surface area contributed by atoms with Gasteiger partial charge in [-0.1, -0.05) is 17.7 Å². The first-order valence-electron chi connectivity index (χ1n) is 6.88. The highest BCUT2D eigenvalue weighted by Crippen LogP contribution is 2.04. The standard InChI is InChI=1S/C14H23ClN4O2/c1-16-14(17-6-3-7-21-9-8-20-2)19-11-12-4-5-13(15)18-10-12/h4-5,10H,3,6-9,11H2,1-2H3,(H2,16,17,19). The highest BCUT2D eigenvalue weighted by molar-refractivity contribution is 6.29. The van der Waals surface area contributed by atoms with Gasteiger partial charge in [0, 0.05) is 40.1 Å². The number of hydrogen-bond donors (Lipinski definition) is 2. The van der Waals surface area contributed by atoms with Gasteiger partial charge in [0.1, 0.15) is 5.15 Å². The number of nitrogens with zero attached hydrogens (tertiary/aromatic N) is 2. The first-order chi connectivity index (χ1) is 10.3. The number of guanidine groups is 1. The van der Waals surface area contributed by atoms with E-state index >= 15 is 0 Å². The molecule has 0 atom stereocenters. The highest BCUT2D eigenvalue weighted by atomic mass is 35.5. The molecule has 7 heteroatoms. The maximum Gasteiger partial charge on any atom is 0.191 e. The topological polar surface area (TPSA) is 67.8 Å². The minimum atomic E-state index is 0.495. The summed E-state index contributed by atoms with van der Waals surface area (Å²) < 4.78 is 10.3. The Hall–Kier alpha value is -1.37. The van der Waals surface area contributed by atoms with Crippen molar-refractivity contribution in [3.63, 3.8) is 0 Å². The van der Waals surface area contributed by atoms with Crippen molar-refractivity contribution in [2.75, 3.05) is 40.5 Å². The van der Waals surface area contributed by atoms with E-state index in [2.05, 4.69) is 20.6 Å². The summed E-state index contributed by atoms with van der Waals surface area (Å²) in [7, 11) is 3.40. The molecule has 1 aromatic heterocycles. The van der Waals surface area contributed by atoms with Gasteiger partial charge in [-0.05, 0) is 18.1 Å². The molecule has 1 rings (SSSR count). The largest absolute Gasteiger partial charge is 0.382 e. The molecule has 0 saturated heterocycles. The molecule has 0 unspecified atom stereocenters. The van der Waals surface area contributed by atoms with Gasteiger partial charge in [0.15, 0.2) is 5.96 Å². The van der Waals surface area contributed by atoms with Crippen LogP contribution < -0.4 is 10.6 Å². The van der Waals surface area contributed by atoms with Crippen molar-refractivity contribution >= 4 is 17.6 Å². The molecule has 21 heavy (non-hydrogen) atoms. The molecular formula is C14H23ClN4O2. The molecule has 0 aliphatic carbocycles. The van der Waals surface area contributed by atoms with Crippen LogP contribution >= 0.6 is 11.6 Å². The maximum atomic E-state index is 5.74. The van der Waals surface area contributed by atoms with Gasteiger partial charge in [-0.25, -0.2) is 4.98 Å². The molecule has 1 aromatic rings. The lowest BCUT2D eigenvalue weighted by molar-refractivity contribution is 0.0698. The van der Waals surface area contributed by atoms with Crippen LogP contribution in [-0.4, -0.2) is 51.5 Å². The number of aliphatic imine (C=N–C) groups is 1. The zero-order chi connectivity index (χ0) is 15.3. The summed E-state index contributed by atoms with van der Waals surface area (Å²) in [5.41, 5.74) is 1.05. The predicted molar refractivity (Wildman–Crippen MR) is 84.8 cm³/mol. The molecular weight excluding hydrogens is 292 g/mol. The Bertz CT molecular complexity index is 412. The van der Waals surface area contributed by atoms with Crippen molar-refractivity contribution in [1.29, 1.82) is 0 Å². The van der Waals surface area contributed by atoms with E-state index in [4.69, 9.17) is 21.1 Å². The number of methoxy groups -OCH3 is 1. The van der Waals surface area contributed by atoms with E-state index in [0.717, 1.165) is 24.5 Å². The van der Waals surface area contributed by atoms with Gasteiger partial charge < -0.3 is 20.1 Å². The first-order valence-corrected chi connectivity index (χ1v) is 7.25. The summed E-state index contributed by atoms with van der Waals surface area (Å²) in [4.78, 5) is 8.19. The number of ether oxygens (including phenoxy) is 2. The summed E-state index contributed by atoms with van der Waals surface area (Å²) in [6.07, 6.45) is 2.65. The Morgan fingerprint density at radius 2 is 2.14 bits per heavy atom. The lowest BCUT2D eigenvalue weighted by Crippen LogP contribution is -2.37. The first kappa shape index (κ1) is 17.7. The fraction of sp³-hybridized carbons (Fsp3) is 0.571. The highest BCUT2D eigenvalue weighted by Gasteiger charge is 1.99. The van der Waals surface area contributed by atoms with Gasteiger partial charge >= 0.3 is 0 Å². The van der Waals surface area contributed by atoms with Crippen LogP contribution in [0.1, 0.15) is 12.0 Å². The lowest BCUT2D eigenvalue weighted by atomic mass is 10.3. The molecule has 0 aliphatic rings. The summed E-state index contributed by atoms with van der Waals surface area (Å²) in [6, 6.07) is 3.70. The fourth-order valence-electron chi connectivity index (χ4n) is 1.54. The minimum Gasteiger partial charge on any atom is -0.382 e. The molecule has 118 valence electrons. The molecule has 1 heterocycles. The predicted octanol–water partition coefficient (Wildman–Crippen LogP) is 1.45. The van der Waals surface area contributed by atoms with Gasteiger partial charge in [0.25, 0.3) is 0 Å². The van der Waals surface area contributed by atoms with E-state index in [-0.39, 0.29) is 0 Å².